The fourth-order valence-corrected chi connectivity index (χ4v) is 3.76. The van der Waals surface area contributed by atoms with Crippen LogP contribution in [0.4, 0.5) is 4.39 Å². The Kier molecular flexibility index (Phi) is 7.50. The Morgan fingerprint density at radius 1 is 0.914 bits per heavy atom. The first-order chi connectivity index (χ1) is 17.0. The fraction of sp³-hybridized carbons (Fsp3) is 0.0968. The van der Waals surface area contributed by atoms with Crippen molar-refractivity contribution >= 4 is 18.1 Å². The molecule has 0 bridgehead atoms. The van der Waals surface area contributed by atoms with Gasteiger partial charge in [0.25, 0.3) is 0 Å². The molecule has 4 aromatic rings. The lowest BCUT2D eigenvalue weighted by Crippen LogP contribution is -2.08. The van der Waals surface area contributed by atoms with Gasteiger partial charge in [-0.2, -0.15) is 5.26 Å². The lowest BCUT2D eigenvalue weighted by atomic mass is 9.93. The summed E-state index contributed by atoms with van der Waals surface area (Å²) in [5, 5.41) is 8.79. The Labute approximate surface area is 204 Å². The number of carbonyl (C=O) groups is 1. The van der Waals surface area contributed by atoms with Crippen LogP contribution in [0.5, 0.6) is 5.75 Å². The number of carbonyl (C=O) groups excluding carboxylic acids is 1. The molecular formula is C31H24FNO2. The summed E-state index contributed by atoms with van der Waals surface area (Å²) in [6.07, 6.45) is 4.99. The molecule has 0 heterocycles. The van der Waals surface area contributed by atoms with Crippen molar-refractivity contribution in [2.75, 3.05) is 0 Å². The molecule has 0 aliphatic carbocycles. The molecule has 0 spiro atoms. The molecule has 0 saturated carbocycles. The van der Waals surface area contributed by atoms with E-state index >= 15 is 0 Å². The van der Waals surface area contributed by atoms with Crippen LogP contribution in [-0.4, -0.2) is 5.97 Å². The van der Waals surface area contributed by atoms with E-state index in [0.29, 0.717) is 11.5 Å². The maximum absolute atomic E-state index is 13.7. The largest absolute Gasteiger partial charge is 0.423 e. The van der Waals surface area contributed by atoms with Gasteiger partial charge in [-0.05, 0) is 58.9 Å². The van der Waals surface area contributed by atoms with Gasteiger partial charge >= 0.3 is 5.97 Å². The Morgan fingerprint density at radius 2 is 1.54 bits per heavy atom. The van der Waals surface area contributed by atoms with Gasteiger partial charge in [-0.1, -0.05) is 85.8 Å². The minimum absolute atomic E-state index is 0.0529. The van der Waals surface area contributed by atoms with E-state index in [1.807, 2.05) is 30.4 Å². The minimum Gasteiger partial charge on any atom is -0.423 e. The lowest BCUT2D eigenvalue weighted by Gasteiger charge is -2.12. The molecule has 0 saturated heterocycles. The van der Waals surface area contributed by atoms with E-state index in [1.54, 1.807) is 18.2 Å². The van der Waals surface area contributed by atoms with Crippen molar-refractivity contribution in [3.8, 4) is 11.8 Å². The summed E-state index contributed by atoms with van der Waals surface area (Å²) in [5.41, 5.74) is 4.91. The quantitative estimate of drug-likeness (QED) is 0.163. The number of hydrogen-bond acceptors (Lipinski definition) is 3. The maximum Gasteiger partial charge on any atom is 0.343 e. The number of halogens is 1. The molecule has 172 valence electrons. The van der Waals surface area contributed by atoms with Crippen LogP contribution in [0.25, 0.3) is 12.2 Å². The van der Waals surface area contributed by atoms with Crippen LogP contribution in [0, 0.1) is 17.1 Å². The first-order valence-electron chi connectivity index (χ1n) is 11.4. The predicted molar refractivity (Wildman–Crippen MR) is 136 cm³/mol. The van der Waals surface area contributed by atoms with Crippen LogP contribution >= 0.6 is 0 Å². The zero-order valence-corrected chi connectivity index (χ0v) is 19.3. The van der Waals surface area contributed by atoms with Gasteiger partial charge in [-0.25, -0.2) is 9.18 Å². The third-order valence-corrected chi connectivity index (χ3v) is 5.78. The number of nitriles is 1. The Bertz CT molecular complexity index is 1370. The normalized spacial score (nSPS) is 11.7. The van der Waals surface area contributed by atoms with E-state index < -0.39 is 11.8 Å². The molecule has 0 aliphatic heterocycles. The summed E-state index contributed by atoms with van der Waals surface area (Å²) < 4.78 is 18.9. The van der Waals surface area contributed by atoms with E-state index in [-0.39, 0.29) is 11.3 Å². The van der Waals surface area contributed by atoms with Crippen LogP contribution in [0.15, 0.2) is 97.1 Å². The van der Waals surface area contributed by atoms with Gasteiger partial charge in [-0.3, -0.25) is 0 Å². The van der Waals surface area contributed by atoms with Crippen molar-refractivity contribution in [2.24, 2.45) is 0 Å². The number of ether oxygens (including phenoxy) is 1. The summed E-state index contributed by atoms with van der Waals surface area (Å²) in [5.74, 6) is -0.808. The van der Waals surface area contributed by atoms with Crippen LogP contribution in [0.1, 0.15) is 51.0 Å². The second-order valence-corrected chi connectivity index (χ2v) is 8.36. The summed E-state index contributed by atoms with van der Waals surface area (Å²) in [7, 11) is 0. The number of benzene rings is 4. The highest BCUT2D eigenvalue weighted by atomic mass is 19.1. The van der Waals surface area contributed by atoms with E-state index in [2.05, 4.69) is 55.5 Å². The summed E-state index contributed by atoms with van der Waals surface area (Å²) in [6.45, 7) is 2.24. The second-order valence-electron chi connectivity index (χ2n) is 8.36. The smallest absolute Gasteiger partial charge is 0.343 e. The third kappa shape index (κ3) is 6.31. The highest BCUT2D eigenvalue weighted by molar-refractivity contribution is 5.91. The van der Waals surface area contributed by atoms with E-state index in [1.165, 1.54) is 23.3 Å². The highest BCUT2D eigenvalue weighted by Crippen LogP contribution is 2.21. The van der Waals surface area contributed by atoms with Gasteiger partial charge in [-0.15, -0.1) is 0 Å². The molecule has 1 atom stereocenters. The standard InChI is InChI=1S/C31H24FNO2/c1-22(26-5-3-2-4-6-26)19-25-11-9-23(10-12-25)7-8-24-13-15-27(16-14-24)31(34)35-29-18-17-28(21-33)30(32)20-29/h2-18,20,22H,19H2,1H3/t22-/m0/s1. The molecular weight excluding hydrogens is 437 g/mol. The van der Waals surface area contributed by atoms with E-state index in [0.717, 1.165) is 23.6 Å². The zero-order valence-electron chi connectivity index (χ0n) is 19.3. The molecule has 4 heteroatoms. The average Bonchev–Trinajstić information content (AvgIpc) is 2.89. The van der Waals surface area contributed by atoms with Gasteiger partial charge in [0.05, 0.1) is 11.1 Å². The highest BCUT2D eigenvalue weighted by Gasteiger charge is 2.11. The molecule has 4 aromatic carbocycles. The van der Waals surface area contributed by atoms with Crippen LogP contribution in [0.2, 0.25) is 0 Å². The number of hydrogen-bond donors (Lipinski definition) is 0. The van der Waals surface area contributed by atoms with Crippen LogP contribution in [0.3, 0.4) is 0 Å². The minimum atomic E-state index is -0.725. The molecule has 3 nitrogen and oxygen atoms in total. The zero-order chi connectivity index (χ0) is 24.6. The van der Waals surface area contributed by atoms with Gasteiger partial charge < -0.3 is 4.74 Å². The van der Waals surface area contributed by atoms with Crippen molar-refractivity contribution in [1.29, 1.82) is 5.26 Å². The van der Waals surface area contributed by atoms with Crippen molar-refractivity contribution in [1.82, 2.24) is 0 Å². The van der Waals surface area contributed by atoms with Gasteiger partial charge in [0, 0.05) is 6.07 Å². The first kappa shape index (κ1) is 23.7. The molecule has 4 rings (SSSR count). The summed E-state index contributed by atoms with van der Waals surface area (Å²) in [4.78, 5) is 12.3. The molecule has 35 heavy (non-hydrogen) atoms. The number of rotatable bonds is 7. The maximum atomic E-state index is 13.7. The van der Waals surface area contributed by atoms with Crippen LogP contribution in [-0.2, 0) is 6.42 Å². The Hall–Kier alpha value is -4.49. The van der Waals surface area contributed by atoms with Crippen molar-refractivity contribution in [2.45, 2.75) is 19.3 Å². The van der Waals surface area contributed by atoms with Crippen molar-refractivity contribution < 1.29 is 13.9 Å². The van der Waals surface area contributed by atoms with Gasteiger partial charge in [0.1, 0.15) is 17.6 Å². The van der Waals surface area contributed by atoms with Crippen molar-refractivity contribution in [3.63, 3.8) is 0 Å². The van der Waals surface area contributed by atoms with Crippen LogP contribution < -0.4 is 4.74 Å². The van der Waals surface area contributed by atoms with E-state index in [4.69, 9.17) is 10.00 Å². The number of nitrogens with zero attached hydrogens (tertiary/aromatic N) is 1. The Morgan fingerprint density at radius 3 is 2.14 bits per heavy atom. The molecule has 0 unspecified atom stereocenters. The topological polar surface area (TPSA) is 50.1 Å². The lowest BCUT2D eigenvalue weighted by molar-refractivity contribution is 0.0734. The molecule has 0 radical (unpaired) electrons. The molecule has 0 N–H and O–H groups in total. The van der Waals surface area contributed by atoms with Crippen molar-refractivity contribution in [3.05, 3.63) is 136 Å². The third-order valence-electron chi connectivity index (χ3n) is 5.78. The monoisotopic (exact) mass is 461 g/mol. The first-order valence-corrected chi connectivity index (χ1v) is 11.4. The summed E-state index contributed by atoms with van der Waals surface area (Å²) in [6, 6.07) is 31.4. The molecule has 0 aromatic heterocycles. The average molecular weight is 462 g/mol. The second kappa shape index (κ2) is 11.1. The summed E-state index contributed by atoms with van der Waals surface area (Å²) >= 11 is 0. The molecule has 0 aliphatic rings. The van der Waals surface area contributed by atoms with E-state index in [9.17, 15) is 9.18 Å². The molecule has 0 fully saturated rings. The number of esters is 1. The SMILES string of the molecule is C[C@@H](Cc1ccc(C=Cc2ccc(C(=O)Oc3ccc(C#N)c(F)c3)cc2)cc1)c1ccccc1. The van der Waals surface area contributed by atoms with Gasteiger partial charge in [0.15, 0.2) is 0 Å². The van der Waals surface area contributed by atoms with Gasteiger partial charge in [0.2, 0.25) is 0 Å². The fourth-order valence-electron chi connectivity index (χ4n) is 3.76. The predicted octanol–water partition coefficient (Wildman–Crippen LogP) is 7.43. The Balaban J connectivity index is 1.34. The molecule has 0 amide bonds.